The van der Waals surface area contributed by atoms with Crippen LogP contribution in [0.15, 0.2) is 0 Å². The molecule has 0 amide bonds. The average Bonchev–Trinajstić information content (AvgIpc) is 1.00. The summed E-state index contributed by atoms with van der Waals surface area (Å²) in [5.74, 6) is 0. The van der Waals surface area contributed by atoms with Crippen molar-refractivity contribution in [3.8, 4) is 0 Å². The quantitative estimate of drug-likeness (QED) is 0.406. The van der Waals surface area contributed by atoms with E-state index >= 15 is 0 Å². The van der Waals surface area contributed by atoms with Gasteiger partial charge in [0.1, 0.15) is 0 Å². The van der Waals surface area contributed by atoms with Crippen molar-refractivity contribution in [3.63, 3.8) is 0 Å². The first-order valence-electron chi connectivity index (χ1n) is 0.120. The second-order valence-electron chi connectivity index (χ2n) is 0. The van der Waals surface area contributed by atoms with Crippen molar-refractivity contribution in [3.05, 3.63) is 0 Å². The van der Waals surface area contributed by atoms with Gasteiger partial charge in [0.15, 0.2) is 0 Å². The SMILES string of the molecule is [Br-].[Br-].[Cl][Dy+2]. The molecule has 0 fully saturated rings. The Balaban J connectivity index is -0.00000000500. The molecular formula is Br2ClDy. The van der Waals surface area contributed by atoms with Gasteiger partial charge in [0.05, 0.1) is 0 Å². The third-order valence-electron chi connectivity index (χ3n) is 0. The van der Waals surface area contributed by atoms with E-state index in [0.717, 1.165) is 0 Å². The zero-order chi connectivity index (χ0) is 2.00. The molecule has 0 aliphatic heterocycles. The van der Waals surface area contributed by atoms with Crippen LogP contribution >= 0.6 is 6.31 Å². The summed E-state index contributed by atoms with van der Waals surface area (Å²) in [5, 5.41) is 0. The zero-order valence-electron chi connectivity index (χ0n) is 1.45. The van der Waals surface area contributed by atoms with Crippen molar-refractivity contribution in [2.75, 3.05) is 0 Å². The van der Waals surface area contributed by atoms with E-state index < -0.39 is 0 Å². The van der Waals surface area contributed by atoms with Gasteiger partial charge in [-0.2, -0.15) is 0 Å². The van der Waals surface area contributed by atoms with Crippen LogP contribution in [0.1, 0.15) is 0 Å². The standard InChI is InChI=1S/2BrH.ClH.Dy/h3*1H;/q;;;+3/p-3. The fraction of sp³-hybridized carbons (Fsp3) is 0. The number of rotatable bonds is 0. The number of hydrogen-bond donors (Lipinski definition) is 0. The number of hydrogen-bond acceptors (Lipinski definition) is 0. The van der Waals surface area contributed by atoms with Gasteiger partial charge < -0.3 is 34.0 Å². The van der Waals surface area contributed by atoms with Crippen molar-refractivity contribution in [2.45, 2.75) is 0 Å². The molecule has 0 N–H and O–H groups in total. The van der Waals surface area contributed by atoms with E-state index in [9.17, 15) is 0 Å². The molecule has 0 bridgehead atoms. The molecule has 0 spiro atoms. The first-order valence-corrected chi connectivity index (χ1v) is 2.66. The van der Waals surface area contributed by atoms with Crippen molar-refractivity contribution >= 4 is 6.31 Å². The Kier molecular flexibility index (Phi) is 71.1. The molecule has 0 atom stereocenters. The van der Waals surface area contributed by atoms with Crippen molar-refractivity contribution in [1.82, 2.24) is 0 Å². The van der Waals surface area contributed by atoms with Gasteiger partial charge in [-0.25, -0.2) is 0 Å². The van der Waals surface area contributed by atoms with Gasteiger partial charge in [0.2, 0.25) is 0 Å². The molecule has 0 aliphatic rings. The molecule has 31 valence electrons. The molecule has 0 unspecified atom stereocenters. The maximum atomic E-state index is 4.61. The normalized spacial score (nSPS) is 1.50. The molecule has 0 aliphatic carbocycles. The van der Waals surface area contributed by atoms with Crippen molar-refractivity contribution in [1.29, 1.82) is 0 Å². The van der Waals surface area contributed by atoms with Gasteiger partial charge in [-0.1, -0.05) is 0 Å². The Labute approximate surface area is 73.5 Å². The zero-order valence-corrected chi connectivity index (χ0v) is 7.41. The van der Waals surface area contributed by atoms with Gasteiger partial charge in [-0.15, -0.1) is 0 Å². The third-order valence-corrected chi connectivity index (χ3v) is 0. The van der Waals surface area contributed by atoms with Crippen LogP contribution in [-0.2, 0) is 0 Å². The fourth-order valence-corrected chi connectivity index (χ4v) is 0. The average molecular weight is 358 g/mol. The van der Waals surface area contributed by atoms with Crippen LogP contribution in [0.5, 0.6) is 0 Å². The van der Waals surface area contributed by atoms with Gasteiger partial charge in [-0.05, 0) is 0 Å². The van der Waals surface area contributed by atoms with Crippen LogP contribution in [0.4, 0.5) is 0 Å². The topological polar surface area (TPSA) is 0 Å². The molecular weight excluding hydrogens is 358 g/mol. The van der Waals surface area contributed by atoms with E-state index in [1.54, 1.807) is 34.7 Å². The van der Waals surface area contributed by atoms with Crippen LogP contribution in [0.25, 0.3) is 0 Å². The van der Waals surface area contributed by atoms with E-state index in [-0.39, 0.29) is 34.0 Å². The van der Waals surface area contributed by atoms with Gasteiger partial charge in [0.25, 0.3) is 0 Å². The van der Waals surface area contributed by atoms with Crippen LogP contribution in [0, 0.1) is 34.7 Å². The van der Waals surface area contributed by atoms with Crippen molar-refractivity contribution in [2.24, 2.45) is 0 Å². The van der Waals surface area contributed by atoms with Crippen LogP contribution in [0.2, 0.25) is 0 Å². The van der Waals surface area contributed by atoms with Crippen LogP contribution in [-0.4, -0.2) is 0 Å². The Hall–Kier alpha value is 2.52. The van der Waals surface area contributed by atoms with E-state index in [4.69, 9.17) is 0 Å². The molecule has 0 saturated carbocycles. The van der Waals surface area contributed by atoms with E-state index in [2.05, 4.69) is 6.31 Å². The summed E-state index contributed by atoms with van der Waals surface area (Å²) in [7, 11) is 0. The molecule has 0 aromatic carbocycles. The van der Waals surface area contributed by atoms with Gasteiger partial charge >= 0.3 is 41.0 Å². The van der Waals surface area contributed by atoms with E-state index in [1.807, 2.05) is 0 Å². The summed E-state index contributed by atoms with van der Waals surface area (Å²) in [6.45, 7) is 0. The van der Waals surface area contributed by atoms with Gasteiger partial charge in [-0.3, -0.25) is 0 Å². The summed E-state index contributed by atoms with van der Waals surface area (Å²) in [6, 6.07) is 0. The third kappa shape index (κ3) is 8.82. The Morgan fingerprint density at radius 1 is 1.00 bits per heavy atom. The minimum absolute atomic E-state index is 0. The monoisotopic (exact) mass is 357 g/mol. The first kappa shape index (κ1) is 16.0. The summed E-state index contributed by atoms with van der Waals surface area (Å²) in [4.78, 5) is 0. The molecule has 0 aromatic heterocycles. The molecule has 0 radical (unpaired) electrons. The second-order valence-corrected chi connectivity index (χ2v) is 0. The molecule has 0 aromatic rings. The summed E-state index contributed by atoms with van der Waals surface area (Å²) in [6.07, 6.45) is 4.61. The molecule has 0 saturated heterocycles. The fourth-order valence-electron chi connectivity index (χ4n) is 0. The second kappa shape index (κ2) is 17.8. The predicted molar refractivity (Wildman–Crippen MR) is 5.85 cm³/mol. The Bertz CT molecular complexity index is 6.00. The summed E-state index contributed by atoms with van der Waals surface area (Å²) in [5.41, 5.74) is 0. The molecule has 0 rings (SSSR count). The Morgan fingerprint density at radius 3 is 1.00 bits per heavy atom. The van der Waals surface area contributed by atoms with Crippen LogP contribution < -0.4 is 34.0 Å². The summed E-state index contributed by atoms with van der Waals surface area (Å²) < 4.78 is 0. The number of halogens is 3. The first-order chi connectivity index (χ1) is 1.00. The van der Waals surface area contributed by atoms with E-state index in [1.165, 1.54) is 0 Å². The van der Waals surface area contributed by atoms with Gasteiger partial charge in [0, 0.05) is 0 Å². The van der Waals surface area contributed by atoms with E-state index in [0.29, 0.717) is 0 Å². The molecule has 4 heteroatoms. The minimum atomic E-state index is 0. The maximum absolute atomic E-state index is 4.61. The molecule has 0 heterocycles. The molecule has 4 heavy (non-hydrogen) atoms. The summed E-state index contributed by atoms with van der Waals surface area (Å²) >= 11 is 1.61. The molecule has 0 nitrogen and oxygen atoms in total. The van der Waals surface area contributed by atoms with Crippen molar-refractivity contribution < 1.29 is 68.7 Å². The van der Waals surface area contributed by atoms with Crippen LogP contribution in [0.3, 0.4) is 0 Å². The Morgan fingerprint density at radius 2 is 1.00 bits per heavy atom. The predicted octanol–water partition coefficient (Wildman–Crippen LogP) is -5.30.